The van der Waals surface area contributed by atoms with Crippen molar-refractivity contribution in [3.8, 4) is 0 Å². The molecule has 1 aromatic rings. The summed E-state index contributed by atoms with van der Waals surface area (Å²) in [7, 11) is -3.48. The third-order valence-electron chi connectivity index (χ3n) is 3.61. The number of rotatable bonds is 4. The van der Waals surface area contributed by atoms with E-state index in [2.05, 4.69) is 0 Å². The fourth-order valence-electron chi connectivity index (χ4n) is 2.35. The van der Waals surface area contributed by atoms with Gasteiger partial charge in [-0.05, 0) is 36.5 Å². The molecule has 0 aromatic heterocycles. The van der Waals surface area contributed by atoms with E-state index in [1.807, 2.05) is 6.07 Å². The molecule has 5 nitrogen and oxygen atoms in total. The van der Waals surface area contributed by atoms with Crippen molar-refractivity contribution in [2.24, 2.45) is 11.7 Å². The molecular weight excluding hydrogens is 264 g/mol. The Bertz CT molecular complexity index is 557. The molecular formula is C13H20N2O3S. The summed E-state index contributed by atoms with van der Waals surface area (Å²) in [4.78, 5) is 0.328. The first-order chi connectivity index (χ1) is 8.98. The predicted molar refractivity (Wildman–Crippen MR) is 73.0 cm³/mol. The molecule has 0 saturated carbocycles. The summed E-state index contributed by atoms with van der Waals surface area (Å²) in [5.74, 6) is 0.0489. The second kappa shape index (κ2) is 5.58. The Kier molecular flexibility index (Phi) is 4.25. The van der Waals surface area contributed by atoms with Crippen LogP contribution in [0.3, 0.4) is 0 Å². The summed E-state index contributed by atoms with van der Waals surface area (Å²) >= 11 is 0. The Morgan fingerprint density at radius 2 is 2.21 bits per heavy atom. The van der Waals surface area contributed by atoms with Crippen LogP contribution in [0.5, 0.6) is 0 Å². The van der Waals surface area contributed by atoms with Crippen LogP contribution in [-0.4, -0.2) is 37.5 Å². The molecule has 1 saturated heterocycles. The average Bonchev–Trinajstić information content (AvgIpc) is 2.88. The van der Waals surface area contributed by atoms with Gasteiger partial charge in [-0.1, -0.05) is 12.1 Å². The first-order valence-corrected chi connectivity index (χ1v) is 7.83. The maximum absolute atomic E-state index is 12.6. The van der Waals surface area contributed by atoms with Gasteiger partial charge in [0.25, 0.3) is 0 Å². The van der Waals surface area contributed by atoms with Gasteiger partial charge in [0.2, 0.25) is 10.0 Å². The number of aliphatic hydroxyl groups is 1. The lowest BCUT2D eigenvalue weighted by Crippen LogP contribution is -2.30. The molecule has 2 rings (SSSR count). The minimum Gasteiger partial charge on any atom is -0.396 e. The second-order valence-corrected chi connectivity index (χ2v) is 6.91. The SMILES string of the molecule is Cc1ccc(CN)cc1S(=O)(=O)N1CCC(CO)C1. The van der Waals surface area contributed by atoms with Crippen LogP contribution in [0, 0.1) is 12.8 Å². The van der Waals surface area contributed by atoms with E-state index >= 15 is 0 Å². The Hall–Kier alpha value is -0.950. The number of benzene rings is 1. The summed E-state index contributed by atoms with van der Waals surface area (Å²) in [6.45, 7) is 3.01. The van der Waals surface area contributed by atoms with Crippen molar-refractivity contribution in [3.63, 3.8) is 0 Å². The molecule has 0 radical (unpaired) electrons. The quantitative estimate of drug-likeness (QED) is 0.841. The number of sulfonamides is 1. The van der Waals surface area contributed by atoms with E-state index in [0.29, 0.717) is 31.0 Å². The molecule has 1 aromatic carbocycles. The monoisotopic (exact) mass is 284 g/mol. The number of nitrogens with zero attached hydrogens (tertiary/aromatic N) is 1. The van der Waals surface area contributed by atoms with Crippen molar-refractivity contribution < 1.29 is 13.5 Å². The standard InChI is InChI=1S/C13H20N2O3S/c1-10-2-3-11(7-14)6-13(10)19(17,18)15-5-4-12(8-15)9-16/h2-3,6,12,16H,4-5,7-9,14H2,1H3. The largest absolute Gasteiger partial charge is 0.396 e. The van der Waals surface area contributed by atoms with Gasteiger partial charge in [-0.3, -0.25) is 0 Å². The number of aryl methyl sites for hydroxylation is 1. The Balaban J connectivity index is 2.34. The van der Waals surface area contributed by atoms with Crippen LogP contribution < -0.4 is 5.73 Å². The summed E-state index contributed by atoms with van der Waals surface area (Å²) in [5, 5.41) is 9.12. The fourth-order valence-corrected chi connectivity index (χ4v) is 4.16. The summed E-state index contributed by atoms with van der Waals surface area (Å²) in [5.41, 5.74) is 7.10. The van der Waals surface area contributed by atoms with Gasteiger partial charge in [0.05, 0.1) is 4.90 Å². The molecule has 0 bridgehead atoms. The topological polar surface area (TPSA) is 83.6 Å². The van der Waals surface area contributed by atoms with Crippen LogP contribution in [0.25, 0.3) is 0 Å². The van der Waals surface area contributed by atoms with Crippen LogP contribution in [0.1, 0.15) is 17.5 Å². The maximum atomic E-state index is 12.6. The van der Waals surface area contributed by atoms with Gasteiger partial charge in [-0.15, -0.1) is 0 Å². The van der Waals surface area contributed by atoms with Gasteiger partial charge in [-0.25, -0.2) is 8.42 Å². The molecule has 1 atom stereocenters. The van der Waals surface area contributed by atoms with Gasteiger partial charge < -0.3 is 10.8 Å². The maximum Gasteiger partial charge on any atom is 0.243 e. The molecule has 1 heterocycles. The lowest BCUT2D eigenvalue weighted by atomic mass is 10.1. The van der Waals surface area contributed by atoms with Gasteiger partial charge in [0.15, 0.2) is 0 Å². The zero-order chi connectivity index (χ0) is 14.0. The van der Waals surface area contributed by atoms with Crippen molar-refractivity contribution in [2.75, 3.05) is 19.7 Å². The van der Waals surface area contributed by atoms with E-state index in [-0.39, 0.29) is 12.5 Å². The Morgan fingerprint density at radius 3 is 2.79 bits per heavy atom. The van der Waals surface area contributed by atoms with Gasteiger partial charge in [-0.2, -0.15) is 4.31 Å². The van der Waals surface area contributed by atoms with Crippen LogP contribution in [-0.2, 0) is 16.6 Å². The smallest absolute Gasteiger partial charge is 0.243 e. The molecule has 1 aliphatic heterocycles. The highest BCUT2D eigenvalue weighted by atomic mass is 32.2. The molecule has 6 heteroatoms. The Labute approximate surface area is 114 Å². The van der Waals surface area contributed by atoms with E-state index in [4.69, 9.17) is 10.8 Å². The normalized spacial score (nSPS) is 20.9. The zero-order valence-electron chi connectivity index (χ0n) is 11.0. The molecule has 3 N–H and O–H groups in total. The molecule has 1 aliphatic rings. The van der Waals surface area contributed by atoms with E-state index in [1.165, 1.54) is 4.31 Å². The third-order valence-corrected chi connectivity index (χ3v) is 5.62. The Morgan fingerprint density at radius 1 is 1.47 bits per heavy atom. The molecule has 0 aliphatic carbocycles. The van der Waals surface area contributed by atoms with E-state index < -0.39 is 10.0 Å². The first kappa shape index (κ1) is 14.5. The van der Waals surface area contributed by atoms with E-state index in [0.717, 1.165) is 11.1 Å². The molecule has 1 fully saturated rings. The molecule has 0 amide bonds. The van der Waals surface area contributed by atoms with E-state index in [1.54, 1.807) is 19.1 Å². The van der Waals surface area contributed by atoms with Gasteiger partial charge >= 0.3 is 0 Å². The van der Waals surface area contributed by atoms with Gasteiger partial charge in [0.1, 0.15) is 0 Å². The zero-order valence-corrected chi connectivity index (χ0v) is 11.9. The van der Waals surface area contributed by atoms with Crippen LogP contribution in [0.4, 0.5) is 0 Å². The second-order valence-electron chi connectivity index (χ2n) is 5.00. The summed E-state index contributed by atoms with van der Waals surface area (Å²) in [6.07, 6.45) is 0.714. The minimum atomic E-state index is -3.48. The predicted octanol–water partition coefficient (Wildman–Crippen LogP) is 0.457. The van der Waals surface area contributed by atoms with Crippen molar-refractivity contribution in [1.82, 2.24) is 4.31 Å². The first-order valence-electron chi connectivity index (χ1n) is 6.39. The highest BCUT2D eigenvalue weighted by Gasteiger charge is 2.33. The molecule has 1 unspecified atom stereocenters. The summed E-state index contributed by atoms with van der Waals surface area (Å²) in [6, 6.07) is 5.28. The number of hydrogen-bond acceptors (Lipinski definition) is 4. The number of nitrogens with two attached hydrogens (primary N) is 1. The fraction of sp³-hybridized carbons (Fsp3) is 0.538. The molecule has 19 heavy (non-hydrogen) atoms. The van der Waals surface area contributed by atoms with Crippen LogP contribution in [0.15, 0.2) is 23.1 Å². The molecule has 0 spiro atoms. The van der Waals surface area contributed by atoms with Crippen molar-refractivity contribution >= 4 is 10.0 Å². The highest BCUT2D eigenvalue weighted by Crippen LogP contribution is 2.26. The van der Waals surface area contributed by atoms with Crippen LogP contribution >= 0.6 is 0 Å². The minimum absolute atomic E-state index is 0.0356. The average molecular weight is 284 g/mol. The number of aliphatic hydroxyl groups excluding tert-OH is 1. The van der Waals surface area contributed by atoms with Crippen molar-refractivity contribution in [3.05, 3.63) is 29.3 Å². The lowest BCUT2D eigenvalue weighted by Gasteiger charge is -2.18. The van der Waals surface area contributed by atoms with Gasteiger partial charge in [0, 0.05) is 26.2 Å². The van der Waals surface area contributed by atoms with Crippen molar-refractivity contribution in [2.45, 2.75) is 24.8 Å². The molecule has 106 valence electrons. The highest BCUT2D eigenvalue weighted by molar-refractivity contribution is 7.89. The lowest BCUT2D eigenvalue weighted by molar-refractivity contribution is 0.233. The summed E-state index contributed by atoms with van der Waals surface area (Å²) < 4.78 is 26.6. The van der Waals surface area contributed by atoms with Crippen molar-refractivity contribution in [1.29, 1.82) is 0 Å². The number of hydrogen-bond donors (Lipinski definition) is 2. The third kappa shape index (κ3) is 2.81. The van der Waals surface area contributed by atoms with E-state index in [9.17, 15) is 8.42 Å². The van der Waals surface area contributed by atoms with Crippen LogP contribution in [0.2, 0.25) is 0 Å².